The molecular weight excluding hydrogens is 84.1 g/mol. The highest BCUT2D eigenvalue weighted by Gasteiger charge is 1.69. The molecule has 0 radical (unpaired) electrons. The SMILES string of the molecule is COC(C)=S. The second-order valence-electron chi connectivity index (χ2n) is 0.696. The first-order chi connectivity index (χ1) is 2.27. The van der Waals surface area contributed by atoms with Crippen molar-refractivity contribution in [3.8, 4) is 0 Å². The van der Waals surface area contributed by atoms with Crippen molar-refractivity contribution in [3.63, 3.8) is 0 Å². The molecule has 0 aliphatic carbocycles. The lowest BCUT2D eigenvalue weighted by molar-refractivity contribution is 0.411. The third-order valence-electron chi connectivity index (χ3n) is 0.287. The predicted molar refractivity (Wildman–Crippen MR) is 25.3 cm³/mol. The van der Waals surface area contributed by atoms with E-state index in [0.29, 0.717) is 5.05 Å². The summed E-state index contributed by atoms with van der Waals surface area (Å²) in [4.78, 5) is 0. The quantitative estimate of drug-likeness (QED) is 0.410. The third-order valence-corrected chi connectivity index (χ3v) is 0.454. The van der Waals surface area contributed by atoms with Gasteiger partial charge in [0.25, 0.3) is 0 Å². The average molecular weight is 90.1 g/mol. The summed E-state index contributed by atoms with van der Waals surface area (Å²) in [5.41, 5.74) is 0. The Hall–Kier alpha value is -0.110. The van der Waals surface area contributed by atoms with Crippen LogP contribution in [-0.4, -0.2) is 12.2 Å². The smallest absolute Gasteiger partial charge is 0.156 e. The fourth-order valence-electron chi connectivity index (χ4n) is 0. The van der Waals surface area contributed by atoms with E-state index >= 15 is 0 Å². The van der Waals surface area contributed by atoms with Crippen LogP contribution in [0.2, 0.25) is 0 Å². The monoisotopic (exact) mass is 90.0 g/mol. The summed E-state index contributed by atoms with van der Waals surface area (Å²) in [5, 5.41) is 0.588. The minimum atomic E-state index is 0.588. The molecule has 0 aromatic carbocycles. The maximum absolute atomic E-state index is 4.48. The number of hydrogen-bond donors (Lipinski definition) is 0. The van der Waals surface area contributed by atoms with Crippen LogP contribution in [0.4, 0.5) is 0 Å². The van der Waals surface area contributed by atoms with Crippen molar-refractivity contribution in [1.82, 2.24) is 0 Å². The van der Waals surface area contributed by atoms with Crippen LogP contribution in [0.1, 0.15) is 6.92 Å². The minimum absolute atomic E-state index is 0.588. The lowest BCUT2D eigenvalue weighted by Crippen LogP contribution is -1.84. The van der Waals surface area contributed by atoms with Crippen LogP contribution in [0.25, 0.3) is 0 Å². The maximum Gasteiger partial charge on any atom is 0.156 e. The largest absolute Gasteiger partial charge is 0.491 e. The molecule has 5 heavy (non-hydrogen) atoms. The number of thiocarbonyl (C=S) groups is 1. The second-order valence-corrected chi connectivity index (χ2v) is 1.27. The Kier molecular flexibility index (Phi) is 2.10. The third kappa shape index (κ3) is 3.89. The van der Waals surface area contributed by atoms with Gasteiger partial charge in [-0.1, -0.05) is 0 Å². The number of methoxy groups -OCH3 is 1. The average Bonchev–Trinajstić information content (AvgIpc) is 1.38. The minimum Gasteiger partial charge on any atom is -0.491 e. The van der Waals surface area contributed by atoms with E-state index in [4.69, 9.17) is 0 Å². The zero-order chi connectivity index (χ0) is 4.28. The van der Waals surface area contributed by atoms with Crippen LogP contribution in [0, 0.1) is 0 Å². The normalized spacial score (nSPS) is 6.80. The Morgan fingerprint density at radius 3 is 2.00 bits per heavy atom. The van der Waals surface area contributed by atoms with Crippen molar-refractivity contribution in [2.24, 2.45) is 0 Å². The van der Waals surface area contributed by atoms with E-state index < -0.39 is 0 Å². The van der Waals surface area contributed by atoms with Crippen LogP contribution in [0.15, 0.2) is 0 Å². The second kappa shape index (κ2) is 2.15. The van der Waals surface area contributed by atoms with Crippen molar-refractivity contribution in [2.75, 3.05) is 7.11 Å². The highest BCUT2D eigenvalue weighted by molar-refractivity contribution is 7.80. The van der Waals surface area contributed by atoms with Gasteiger partial charge in [0.15, 0.2) is 5.05 Å². The lowest BCUT2D eigenvalue weighted by atomic mass is 10.9. The molecule has 0 fully saturated rings. The Bertz CT molecular complexity index is 42.2. The summed E-state index contributed by atoms with van der Waals surface area (Å²) >= 11 is 4.47. The standard InChI is InChI=1S/C3H6OS/c1-3(5)4-2/h1-2H3. The summed E-state index contributed by atoms with van der Waals surface area (Å²) in [5.74, 6) is 0. The van der Waals surface area contributed by atoms with Gasteiger partial charge in [0, 0.05) is 6.92 Å². The van der Waals surface area contributed by atoms with E-state index in [1.165, 1.54) is 0 Å². The number of hydrogen-bond acceptors (Lipinski definition) is 2. The Morgan fingerprint density at radius 1 is 1.80 bits per heavy atom. The van der Waals surface area contributed by atoms with Crippen LogP contribution >= 0.6 is 12.2 Å². The van der Waals surface area contributed by atoms with Crippen molar-refractivity contribution in [1.29, 1.82) is 0 Å². The van der Waals surface area contributed by atoms with Gasteiger partial charge in [-0.05, 0) is 12.2 Å². The summed E-state index contributed by atoms with van der Waals surface area (Å²) in [6.07, 6.45) is 0. The number of rotatable bonds is 0. The van der Waals surface area contributed by atoms with E-state index in [9.17, 15) is 0 Å². The molecule has 0 bridgehead atoms. The van der Waals surface area contributed by atoms with Gasteiger partial charge in [-0.25, -0.2) is 0 Å². The first kappa shape index (κ1) is 4.89. The molecule has 1 nitrogen and oxygen atoms in total. The molecule has 0 unspecified atom stereocenters. The van der Waals surface area contributed by atoms with Crippen LogP contribution < -0.4 is 0 Å². The van der Waals surface area contributed by atoms with E-state index in [0.717, 1.165) is 0 Å². The van der Waals surface area contributed by atoms with Gasteiger partial charge in [0.2, 0.25) is 0 Å². The van der Waals surface area contributed by atoms with Crippen molar-refractivity contribution in [2.45, 2.75) is 6.92 Å². The van der Waals surface area contributed by atoms with Crippen LogP contribution in [0.5, 0.6) is 0 Å². The first-order valence-corrected chi connectivity index (χ1v) is 1.72. The Morgan fingerprint density at radius 2 is 2.00 bits per heavy atom. The summed E-state index contributed by atoms with van der Waals surface area (Å²) in [7, 11) is 1.56. The molecule has 30 valence electrons. The summed E-state index contributed by atoms with van der Waals surface area (Å²) in [6.45, 7) is 1.73. The molecule has 0 N–H and O–H groups in total. The van der Waals surface area contributed by atoms with Crippen molar-refractivity contribution in [3.05, 3.63) is 0 Å². The Balaban J connectivity index is 2.85. The van der Waals surface area contributed by atoms with Gasteiger partial charge in [-0.2, -0.15) is 0 Å². The number of ether oxygens (including phenoxy) is 1. The Labute approximate surface area is 36.9 Å². The molecule has 0 aromatic rings. The molecule has 0 heterocycles. The first-order valence-electron chi connectivity index (χ1n) is 1.32. The van der Waals surface area contributed by atoms with E-state index in [1.807, 2.05) is 0 Å². The molecule has 0 atom stereocenters. The summed E-state index contributed by atoms with van der Waals surface area (Å²) < 4.78 is 4.48. The molecular formula is C3H6OS. The van der Waals surface area contributed by atoms with Gasteiger partial charge in [0.1, 0.15) is 0 Å². The van der Waals surface area contributed by atoms with Crippen LogP contribution in [0.3, 0.4) is 0 Å². The van der Waals surface area contributed by atoms with Crippen LogP contribution in [-0.2, 0) is 4.74 Å². The highest BCUT2D eigenvalue weighted by atomic mass is 32.1. The molecule has 0 aliphatic heterocycles. The zero-order valence-electron chi connectivity index (χ0n) is 3.32. The van der Waals surface area contributed by atoms with E-state index in [2.05, 4.69) is 17.0 Å². The fourth-order valence-corrected chi connectivity index (χ4v) is 0. The van der Waals surface area contributed by atoms with Gasteiger partial charge in [-0.15, -0.1) is 0 Å². The van der Waals surface area contributed by atoms with Gasteiger partial charge >= 0.3 is 0 Å². The molecule has 0 rings (SSSR count). The molecule has 2 heteroatoms. The van der Waals surface area contributed by atoms with Gasteiger partial charge in [0.05, 0.1) is 7.11 Å². The fraction of sp³-hybridized carbons (Fsp3) is 0.667. The molecule has 0 aliphatic rings. The van der Waals surface area contributed by atoms with Crippen molar-refractivity contribution < 1.29 is 4.74 Å². The van der Waals surface area contributed by atoms with E-state index in [-0.39, 0.29) is 0 Å². The molecule has 0 spiro atoms. The molecule has 0 saturated heterocycles. The lowest BCUT2D eigenvalue weighted by Gasteiger charge is -1.85. The molecule has 0 saturated carbocycles. The molecule has 0 amide bonds. The van der Waals surface area contributed by atoms with Crippen molar-refractivity contribution >= 4 is 17.3 Å². The highest BCUT2D eigenvalue weighted by Crippen LogP contribution is 1.68. The predicted octanol–water partition coefficient (Wildman–Crippen LogP) is 0.980. The topological polar surface area (TPSA) is 9.23 Å². The summed E-state index contributed by atoms with van der Waals surface area (Å²) in [6, 6.07) is 0. The molecule has 0 aromatic heterocycles. The maximum atomic E-state index is 4.48. The van der Waals surface area contributed by atoms with Gasteiger partial charge in [-0.3, -0.25) is 0 Å². The zero-order valence-corrected chi connectivity index (χ0v) is 4.13. The van der Waals surface area contributed by atoms with E-state index in [1.54, 1.807) is 14.0 Å². The van der Waals surface area contributed by atoms with Gasteiger partial charge < -0.3 is 4.74 Å².